The standard InChI is InChI=1S/C14H8ClFN4O3S/c15-7-2-1-3-8(16)10(7)6-4-18-23-11(6)9-5-24-14(19-9)20-13(22)12(17)21/h1-5H,(H2,17,21)(H,19,20,22). The fourth-order valence-electron chi connectivity index (χ4n) is 1.95. The molecule has 3 rings (SSSR count). The lowest BCUT2D eigenvalue weighted by molar-refractivity contribution is -0.134. The summed E-state index contributed by atoms with van der Waals surface area (Å²) >= 11 is 7.09. The average Bonchev–Trinajstić information content (AvgIpc) is 3.16. The topological polar surface area (TPSA) is 111 Å². The van der Waals surface area contributed by atoms with Crippen molar-refractivity contribution in [3.8, 4) is 22.6 Å². The number of hydrogen-bond donors (Lipinski definition) is 2. The van der Waals surface area contributed by atoms with Crippen LogP contribution >= 0.6 is 22.9 Å². The zero-order valence-corrected chi connectivity index (χ0v) is 13.3. The lowest BCUT2D eigenvalue weighted by Gasteiger charge is -2.04. The van der Waals surface area contributed by atoms with Crippen LogP contribution in [0.5, 0.6) is 0 Å². The first-order valence-electron chi connectivity index (χ1n) is 6.43. The summed E-state index contributed by atoms with van der Waals surface area (Å²) in [6.45, 7) is 0. The minimum atomic E-state index is -1.13. The van der Waals surface area contributed by atoms with E-state index in [1.807, 2.05) is 0 Å². The fraction of sp³-hybridized carbons (Fsp3) is 0. The summed E-state index contributed by atoms with van der Waals surface area (Å²) in [5, 5.41) is 7.77. The van der Waals surface area contributed by atoms with Gasteiger partial charge in [0.1, 0.15) is 11.5 Å². The van der Waals surface area contributed by atoms with E-state index in [2.05, 4.69) is 15.5 Å². The van der Waals surface area contributed by atoms with Crippen LogP contribution in [0.25, 0.3) is 22.6 Å². The molecule has 0 aliphatic carbocycles. The molecule has 2 heterocycles. The average molecular weight is 367 g/mol. The predicted octanol–water partition coefficient (Wildman–Crippen LogP) is 2.68. The van der Waals surface area contributed by atoms with Crippen LogP contribution in [0.1, 0.15) is 0 Å². The Hall–Kier alpha value is -2.78. The second kappa shape index (κ2) is 6.38. The number of nitrogens with one attached hydrogen (secondary N) is 1. The summed E-state index contributed by atoms with van der Waals surface area (Å²) in [6, 6.07) is 4.28. The van der Waals surface area contributed by atoms with Crippen molar-refractivity contribution in [1.82, 2.24) is 10.1 Å². The molecule has 0 fully saturated rings. The van der Waals surface area contributed by atoms with Crippen LogP contribution in [0.2, 0.25) is 5.02 Å². The van der Waals surface area contributed by atoms with Gasteiger partial charge in [-0.15, -0.1) is 11.3 Å². The Morgan fingerprint density at radius 2 is 2.17 bits per heavy atom. The predicted molar refractivity (Wildman–Crippen MR) is 85.8 cm³/mol. The number of hydrogen-bond acceptors (Lipinski definition) is 6. The highest BCUT2D eigenvalue weighted by atomic mass is 35.5. The van der Waals surface area contributed by atoms with E-state index < -0.39 is 17.6 Å². The van der Waals surface area contributed by atoms with E-state index in [4.69, 9.17) is 21.9 Å². The first-order chi connectivity index (χ1) is 11.5. The number of benzene rings is 1. The molecule has 3 N–H and O–H groups in total. The van der Waals surface area contributed by atoms with Gasteiger partial charge < -0.3 is 10.3 Å². The molecule has 10 heteroatoms. The molecule has 0 spiro atoms. The third kappa shape index (κ3) is 2.99. The highest BCUT2D eigenvalue weighted by Crippen LogP contribution is 2.38. The first-order valence-corrected chi connectivity index (χ1v) is 7.69. The number of nitrogens with zero attached hydrogens (tertiary/aromatic N) is 2. The zero-order valence-electron chi connectivity index (χ0n) is 11.7. The lowest BCUT2D eigenvalue weighted by atomic mass is 10.1. The molecular formula is C14H8ClFN4O3S. The summed E-state index contributed by atoms with van der Waals surface area (Å²) in [4.78, 5) is 26.1. The van der Waals surface area contributed by atoms with Gasteiger partial charge in [0.2, 0.25) is 0 Å². The quantitative estimate of drug-likeness (QED) is 0.692. The number of thiazole rings is 1. The minimum Gasteiger partial charge on any atom is -0.361 e. The van der Waals surface area contributed by atoms with Gasteiger partial charge in [-0.25, -0.2) is 9.37 Å². The molecule has 1 aromatic carbocycles. The van der Waals surface area contributed by atoms with Crippen molar-refractivity contribution in [3.05, 3.63) is 40.6 Å². The highest BCUT2D eigenvalue weighted by molar-refractivity contribution is 7.14. The Labute approximate surface area is 143 Å². The Morgan fingerprint density at radius 1 is 1.38 bits per heavy atom. The van der Waals surface area contributed by atoms with Crippen molar-refractivity contribution in [2.24, 2.45) is 5.73 Å². The van der Waals surface area contributed by atoms with Gasteiger partial charge in [-0.05, 0) is 12.1 Å². The van der Waals surface area contributed by atoms with Crippen LogP contribution in [-0.4, -0.2) is 22.0 Å². The third-order valence-electron chi connectivity index (χ3n) is 2.98. The van der Waals surface area contributed by atoms with Gasteiger partial charge in [0, 0.05) is 10.9 Å². The third-order valence-corrected chi connectivity index (χ3v) is 4.06. The number of halogens is 2. The lowest BCUT2D eigenvalue weighted by Crippen LogP contribution is -2.29. The number of primary amides is 1. The summed E-state index contributed by atoms with van der Waals surface area (Å²) < 4.78 is 19.2. The van der Waals surface area contributed by atoms with Crippen molar-refractivity contribution in [1.29, 1.82) is 0 Å². The smallest absolute Gasteiger partial charge is 0.315 e. The van der Waals surface area contributed by atoms with E-state index in [-0.39, 0.29) is 21.5 Å². The molecule has 0 aliphatic heterocycles. The van der Waals surface area contributed by atoms with Crippen LogP contribution in [0.4, 0.5) is 9.52 Å². The van der Waals surface area contributed by atoms with Crippen LogP contribution in [0.15, 0.2) is 34.3 Å². The second-order valence-electron chi connectivity index (χ2n) is 4.52. The molecule has 122 valence electrons. The largest absolute Gasteiger partial charge is 0.361 e. The van der Waals surface area contributed by atoms with Gasteiger partial charge in [0.05, 0.1) is 16.8 Å². The first kappa shape index (κ1) is 16.1. The van der Waals surface area contributed by atoms with Crippen molar-refractivity contribution < 1.29 is 18.5 Å². The number of amides is 2. The van der Waals surface area contributed by atoms with Gasteiger partial charge in [-0.2, -0.15) is 0 Å². The molecule has 0 unspecified atom stereocenters. The fourth-order valence-corrected chi connectivity index (χ4v) is 2.90. The summed E-state index contributed by atoms with van der Waals surface area (Å²) in [5.41, 5.74) is 5.60. The molecule has 3 aromatic rings. The van der Waals surface area contributed by atoms with Gasteiger partial charge >= 0.3 is 11.8 Å². The van der Waals surface area contributed by atoms with Crippen molar-refractivity contribution in [2.45, 2.75) is 0 Å². The molecule has 2 amide bonds. The molecular weight excluding hydrogens is 359 g/mol. The number of carbonyl (C=O) groups excluding carboxylic acids is 2. The monoisotopic (exact) mass is 366 g/mol. The molecule has 0 saturated carbocycles. The van der Waals surface area contributed by atoms with Crippen LogP contribution in [0, 0.1) is 5.82 Å². The molecule has 2 aromatic heterocycles. The van der Waals surface area contributed by atoms with E-state index in [1.165, 1.54) is 24.4 Å². The Kier molecular flexibility index (Phi) is 4.28. The molecule has 7 nitrogen and oxygen atoms in total. The number of rotatable bonds is 3. The van der Waals surface area contributed by atoms with Gasteiger partial charge in [-0.1, -0.05) is 22.8 Å². The second-order valence-corrected chi connectivity index (χ2v) is 5.79. The van der Waals surface area contributed by atoms with Gasteiger partial charge in [0.25, 0.3) is 0 Å². The molecule has 0 saturated heterocycles. The minimum absolute atomic E-state index is 0.131. The zero-order chi connectivity index (χ0) is 17.3. The Balaban J connectivity index is 1.99. The maximum Gasteiger partial charge on any atom is 0.315 e. The summed E-state index contributed by atoms with van der Waals surface area (Å²) in [7, 11) is 0. The summed E-state index contributed by atoms with van der Waals surface area (Å²) in [6.07, 6.45) is 1.32. The molecule has 0 bridgehead atoms. The highest BCUT2D eigenvalue weighted by Gasteiger charge is 2.21. The number of anilines is 1. The van der Waals surface area contributed by atoms with Gasteiger partial charge in [-0.3, -0.25) is 14.9 Å². The number of carbonyl (C=O) groups is 2. The number of aromatic nitrogens is 2. The van der Waals surface area contributed by atoms with E-state index in [9.17, 15) is 14.0 Å². The van der Waals surface area contributed by atoms with E-state index in [1.54, 1.807) is 5.38 Å². The van der Waals surface area contributed by atoms with Crippen molar-refractivity contribution in [3.63, 3.8) is 0 Å². The maximum absolute atomic E-state index is 14.1. The van der Waals surface area contributed by atoms with Crippen LogP contribution in [-0.2, 0) is 9.59 Å². The van der Waals surface area contributed by atoms with Crippen LogP contribution in [0.3, 0.4) is 0 Å². The maximum atomic E-state index is 14.1. The van der Waals surface area contributed by atoms with Crippen molar-refractivity contribution in [2.75, 3.05) is 5.32 Å². The molecule has 0 atom stereocenters. The Bertz CT molecular complexity index is 920. The van der Waals surface area contributed by atoms with E-state index in [0.717, 1.165) is 11.3 Å². The van der Waals surface area contributed by atoms with Gasteiger partial charge in [0.15, 0.2) is 10.9 Å². The molecule has 24 heavy (non-hydrogen) atoms. The molecule has 0 radical (unpaired) electrons. The van der Waals surface area contributed by atoms with E-state index in [0.29, 0.717) is 11.3 Å². The van der Waals surface area contributed by atoms with Crippen molar-refractivity contribution >= 4 is 39.9 Å². The Morgan fingerprint density at radius 3 is 2.88 bits per heavy atom. The van der Waals surface area contributed by atoms with E-state index >= 15 is 0 Å². The number of nitrogens with two attached hydrogens (primary N) is 1. The SMILES string of the molecule is NC(=O)C(=O)Nc1nc(-c2oncc2-c2c(F)cccc2Cl)cs1. The molecule has 0 aliphatic rings. The summed E-state index contributed by atoms with van der Waals surface area (Å²) in [5.74, 6) is -2.49. The normalized spacial score (nSPS) is 10.6. The van der Waals surface area contributed by atoms with Crippen LogP contribution < -0.4 is 11.1 Å².